The molecule has 2 fully saturated rings. The van der Waals surface area contributed by atoms with Crippen LogP contribution < -0.4 is 4.74 Å². The standard InChI is InChI=1S/C26H37N3O4/c1-18(2)25(31)28-11-4-5-22(17-28)26(32)29(23-8-12-27(13-9-23)19(3)30)16-20-6-7-24-21(15-20)10-14-33-24/h6-7,15,18,22-23H,4-5,8-14,16-17H2,1-3H3. The van der Waals surface area contributed by atoms with Crippen molar-refractivity contribution < 1.29 is 19.1 Å². The number of likely N-dealkylation sites (tertiary alicyclic amines) is 2. The Morgan fingerprint density at radius 1 is 1.09 bits per heavy atom. The Morgan fingerprint density at radius 3 is 2.55 bits per heavy atom. The molecule has 3 aliphatic heterocycles. The summed E-state index contributed by atoms with van der Waals surface area (Å²) in [5.41, 5.74) is 2.32. The first-order valence-electron chi connectivity index (χ1n) is 12.4. The summed E-state index contributed by atoms with van der Waals surface area (Å²) >= 11 is 0. The van der Waals surface area contributed by atoms with Gasteiger partial charge in [-0.15, -0.1) is 0 Å². The van der Waals surface area contributed by atoms with Gasteiger partial charge in [0.15, 0.2) is 0 Å². The molecule has 3 heterocycles. The maximum Gasteiger partial charge on any atom is 0.228 e. The van der Waals surface area contributed by atoms with E-state index in [0.29, 0.717) is 32.8 Å². The highest BCUT2D eigenvalue weighted by molar-refractivity contribution is 5.82. The predicted octanol–water partition coefficient (Wildman–Crippen LogP) is 2.86. The molecular formula is C26H37N3O4. The molecule has 7 nitrogen and oxygen atoms in total. The minimum Gasteiger partial charge on any atom is -0.493 e. The van der Waals surface area contributed by atoms with Gasteiger partial charge in [-0.3, -0.25) is 14.4 Å². The van der Waals surface area contributed by atoms with E-state index < -0.39 is 0 Å². The molecule has 7 heteroatoms. The number of carbonyl (C=O) groups excluding carboxylic acids is 3. The fraction of sp³-hybridized carbons (Fsp3) is 0.654. The maximum atomic E-state index is 13.9. The van der Waals surface area contributed by atoms with E-state index in [0.717, 1.165) is 50.0 Å². The van der Waals surface area contributed by atoms with Crippen molar-refractivity contribution in [3.63, 3.8) is 0 Å². The van der Waals surface area contributed by atoms with Crippen molar-refractivity contribution in [2.75, 3.05) is 32.8 Å². The number of hydrogen-bond donors (Lipinski definition) is 0. The molecule has 1 aromatic rings. The van der Waals surface area contributed by atoms with Crippen LogP contribution in [0.1, 0.15) is 57.6 Å². The number of rotatable bonds is 5. The molecule has 0 spiro atoms. The normalized spacial score (nSPS) is 21.0. The van der Waals surface area contributed by atoms with Gasteiger partial charge < -0.3 is 19.4 Å². The Morgan fingerprint density at radius 2 is 1.85 bits per heavy atom. The van der Waals surface area contributed by atoms with Crippen molar-refractivity contribution in [1.29, 1.82) is 0 Å². The average Bonchev–Trinajstić information content (AvgIpc) is 3.29. The van der Waals surface area contributed by atoms with Crippen LogP contribution in [0.3, 0.4) is 0 Å². The SMILES string of the molecule is CC(=O)N1CCC(N(Cc2ccc3c(c2)CCO3)C(=O)C2CCCN(C(=O)C(C)C)C2)CC1. The van der Waals surface area contributed by atoms with Gasteiger partial charge in [-0.25, -0.2) is 0 Å². The zero-order valence-corrected chi connectivity index (χ0v) is 20.2. The van der Waals surface area contributed by atoms with Gasteiger partial charge in [0.2, 0.25) is 17.7 Å². The molecule has 2 saturated heterocycles. The third-order valence-corrected chi connectivity index (χ3v) is 7.32. The van der Waals surface area contributed by atoms with Crippen molar-refractivity contribution in [2.45, 2.75) is 65.5 Å². The first-order chi connectivity index (χ1) is 15.8. The second kappa shape index (κ2) is 10.1. The summed E-state index contributed by atoms with van der Waals surface area (Å²) < 4.78 is 5.65. The Hall–Kier alpha value is -2.57. The highest BCUT2D eigenvalue weighted by Gasteiger charge is 2.36. The first kappa shape index (κ1) is 23.6. The number of nitrogens with zero attached hydrogens (tertiary/aromatic N) is 3. The number of hydrogen-bond acceptors (Lipinski definition) is 4. The lowest BCUT2D eigenvalue weighted by molar-refractivity contribution is -0.145. The number of ether oxygens (including phenoxy) is 1. The molecule has 0 saturated carbocycles. The van der Waals surface area contributed by atoms with Crippen LogP contribution >= 0.6 is 0 Å². The lowest BCUT2D eigenvalue weighted by atomic mass is 9.93. The number of fused-ring (bicyclic) bond motifs is 1. The summed E-state index contributed by atoms with van der Waals surface area (Å²) in [5.74, 6) is 1.10. The van der Waals surface area contributed by atoms with E-state index in [1.165, 1.54) is 5.56 Å². The highest BCUT2D eigenvalue weighted by Crippen LogP contribution is 2.29. The topological polar surface area (TPSA) is 70.2 Å². The molecule has 3 amide bonds. The summed E-state index contributed by atoms with van der Waals surface area (Å²) in [4.78, 5) is 44.1. The summed E-state index contributed by atoms with van der Waals surface area (Å²) in [7, 11) is 0. The molecule has 1 atom stereocenters. The average molecular weight is 456 g/mol. The van der Waals surface area contributed by atoms with Gasteiger partial charge in [-0.05, 0) is 42.9 Å². The fourth-order valence-corrected chi connectivity index (χ4v) is 5.39. The van der Waals surface area contributed by atoms with Gasteiger partial charge >= 0.3 is 0 Å². The first-order valence-corrected chi connectivity index (χ1v) is 12.4. The van der Waals surface area contributed by atoms with Crippen LogP contribution in [0.25, 0.3) is 0 Å². The van der Waals surface area contributed by atoms with Crippen LogP contribution in [-0.2, 0) is 27.3 Å². The number of piperidine rings is 2. The molecule has 3 aliphatic rings. The van der Waals surface area contributed by atoms with Gasteiger partial charge in [0, 0.05) is 58.0 Å². The van der Waals surface area contributed by atoms with Crippen molar-refractivity contribution in [2.24, 2.45) is 11.8 Å². The minimum absolute atomic E-state index is 0.0560. The van der Waals surface area contributed by atoms with Crippen molar-refractivity contribution in [3.8, 4) is 5.75 Å². The molecule has 0 aromatic heterocycles. The second-order valence-corrected chi connectivity index (χ2v) is 10.0. The number of benzene rings is 1. The second-order valence-electron chi connectivity index (χ2n) is 10.0. The van der Waals surface area contributed by atoms with Crippen LogP contribution in [-0.4, -0.2) is 71.2 Å². The van der Waals surface area contributed by atoms with Gasteiger partial charge in [-0.1, -0.05) is 26.0 Å². The molecule has 0 radical (unpaired) electrons. The minimum atomic E-state index is -0.162. The number of amides is 3. The third-order valence-electron chi connectivity index (χ3n) is 7.32. The van der Waals surface area contributed by atoms with E-state index in [-0.39, 0.29) is 35.6 Å². The Kier molecular flexibility index (Phi) is 7.25. The van der Waals surface area contributed by atoms with Crippen molar-refractivity contribution in [3.05, 3.63) is 29.3 Å². The molecule has 33 heavy (non-hydrogen) atoms. The van der Waals surface area contributed by atoms with Gasteiger partial charge in [-0.2, -0.15) is 0 Å². The lowest BCUT2D eigenvalue weighted by Crippen LogP contribution is -2.52. The highest BCUT2D eigenvalue weighted by atomic mass is 16.5. The van der Waals surface area contributed by atoms with Crippen LogP contribution in [0.15, 0.2) is 18.2 Å². The van der Waals surface area contributed by atoms with E-state index in [1.807, 2.05) is 34.6 Å². The van der Waals surface area contributed by atoms with Crippen LogP contribution in [0.5, 0.6) is 5.75 Å². The molecule has 4 rings (SSSR count). The monoisotopic (exact) mass is 455 g/mol. The quantitative estimate of drug-likeness (QED) is 0.685. The van der Waals surface area contributed by atoms with Crippen LogP contribution in [0.4, 0.5) is 0 Å². The zero-order chi connectivity index (χ0) is 23.5. The Balaban J connectivity index is 1.52. The number of carbonyl (C=O) groups is 3. The smallest absolute Gasteiger partial charge is 0.228 e. The maximum absolute atomic E-state index is 13.9. The Labute approximate surface area is 197 Å². The van der Waals surface area contributed by atoms with Gasteiger partial charge in [0.25, 0.3) is 0 Å². The molecule has 0 N–H and O–H groups in total. The van der Waals surface area contributed by atoms with E-state index in [1.54, 1.807) is 6.92 Å². The van der Waals surface area contributed by atoms with E-state index in [2.05, 4.69) is 12.1 Å². The summed E-state index contributed by atoms with van der Waals surface area (Å²) in [6, 6.07) is 6.35. The largest absolute Gasteiger partial charge is 0.493 e. The molecule has 180 valence electrons. The molecule has 0 aliphatic carbocycles. The Bertz CT molecular complexity index is 892. The van der Waals surface area contributed by atoms with Crippen molar-refractivity contribution >= 4 is 17.7 Å². The summed E-state index contributed by atoms with van der Waals surface area (Å²) in [5, 5.41) is 0. The predicted molar refractivity (Wildman–Crippen MR) is 126 cm³/mol. The van der Waals surface area contributed by atoms with Gasteiger partial charge in [0.05, 0.1) is 12.5 Å². The molecule has 0 bridgehead atoms. The zero-order valence-electron chi connectivity index (χ0n) is 20.2. The third kappa shape index (κ3) is 5.33. The van der Waals surface area contributed by atoms with E-state index in [4.69, 9.17) is 4.74 Å². The van der Waals surface area contributed by atoms with E-state index >= 15 is 0 Å². The lowest BCUT2D eigenvalue weighted by Gasteiger charge is -2.41. The van der Waals surface area contributed by atoms with Gasteiger partial charge in [0.1, 0.15) is 5.75 Å². The molecule has 1 unspecified atom stereocenters. The molecular weight excluding hydrogens is 418 g/mol. The summed E-state index contributed by atoms with van der Waals surface area (Å²) in [6.45, 7) is 9.34. The van der Waals surface area contributed by atoms with Crippen molar-refractivity contribution in [1.82, 2.24) is 14.7 Å². The van der Waals surface area contributed by atoms with Crippen LogP contribution in [0, 0.1) is 11.8 Å². The summed E-state index contributed by atoms with van der Waals surface area (Å²) in [6.07, 6.45) is 4.17. The van der Waals surface area contributed by atoms with Crippen LogP contribution in [0.2, 0.25) is 0 Å². The molecule has 1 aromatic carbocycles. The fourth-order valence-electron chi connectivity index (χ4n) is 5.39. The van der Waals surface area contributed by atoms with E-state index in [9.17, 15) is 14.4 Å².